The van der Waals surface area contributed by atoms with E-state index in [0.717, 1.165) is 5.82 Å². The molecule has 0 aliphatic carbocycles. The molecule has 1 aromatic heterocycles. The molecule has 0 aliphatic rings. The van der Waals surface area contributed by atoms with E-state index in [4.69, 9.17) is 0 Å². The van der Waals surface area contributed by atoms with Crippen LogP contribution in [-0.2, 0) is 6.42 Å². The highest BCUT2D eigenvalue weighted by atomic mass is 16.6. The Morgan fingerprint density at radius 2 is 2.14 bits per heavy atom. The quantitative estimate of drug-likeness (QED) is 0.637. The van der Waals surface area contributed by atoms with Crippen LogP contribution in [-0.4, -0.2) is 39.4 Å². The summed E-state index contributed by atoms with van der Waals surface area (Å²) in [6.45, 7) is 1.93. The van der Waals surface area contributed by atoms with Crippen molar-refractivity contribution in [2.75, 3.05) is 14.1 Å². The first kappa shape index (κ1) is 14.7. The number of amides is 1. The number of carbonyl (C=O) groups excluding carboxylic acids is 1. The zero-order chi connectivity index (χ0) is 15.6. The van der Waals surface area contributed by atoms with Crippen molar-refractivity contribution >= 4 is 11.6 Å². The van der Waals surface area contributed by atoms with Crippen LogP contribution in [0.2, 0.25) is 0 Å². The van der Waals surface area contributed by atoms with E-state index in [0.29, 0.717) is 12.1 Å². The number of aryl methyl sites for hydroxylation is 1. The molecule has 0 bridgehead atoms. The molecule has 2 aromatic rings. The first-order chi connectivity index (χ1) is 9.95. The van der Waals surface area contributed by atoms with Crippen molar-refractivity contribution < 1.29 is 9.72 Å². The number of carbonyl (C=O) groups is 1. The van der Waals surface area contributed by atoms with E-state index in [9.17, 15) is 14.9 Å². The van der Waals surface area contributed by atoms with Crippen LogP contribution in [0.15, 0.2) is 30.6 Å². The second-order valence-corrected chi connectivity index (χ2v) is 4.73. The second kappa shape index (κ2) is 5.74. The minimum Gasteiger partial charge on any atom is -0.345 e. The van der Waals surface area contributed by atoms with E-state index < -0.39 is 4.92 Å². The van der Waals surface area contributed by atoms with Gasteiger partial charge in [-0.05, 0) is 12.1 Å². The SMILES string of the molecule is CCc1nccn1-c1ccc(C(=O)N(C)C)cc1[N+](=O)[O-]. The molecule has 0 saturated carbocycles. The van der Waals surface area contributed by atoms with Gasteiger partial charge in [-0.3, -0.25) is 19.5 Å². The van der Waals surface area contributed by atoms with Crippen LogP contribution >= 0.6 is 0 Å². The molecule has 1 heterocycles. The normalized spacial score (nSPS) is 10.4. The monoisotopic (exact) mass is 288 g/mol. The number of imidazole rings is 1. The average molecular weight is 288 g/mol. The first-order valence-electron chi connectivity index (χ1n) is 6.48. The number of rotatable bonds is 4. The van der Waals surface area contributed by atoms with Crippen molar-refractivity contribution in [3.63, 3.8) is 0 Å². The van der Waals surface area contributed by atoms with Crippen LogP contribution in [0.1, 0.15) is 23.1 Å². The van der Waals surface area contributed by atoms with Crippen LogP contribution in [0.25, 0.3) is 5.69 Å². The summed E-state index contributed by atoms with van der Waals surface area (Å²) in [6, 6.07) is 4.47. The van der Waals surface area contributed by atoms with Gasteiger partial charge in [0.15, 0.2) is 0 Å². The van der Waals surface area contributed by atoms with Crippen molar-refractivity contribution in [3.05, 3.63) is 52.1 Å². The standard InChI is InChI=1S/C14H16N4O3/c1-4-13-15-7-8-17(13)11-6-5-10(14(19)16(2)3)9-12(11)18(20)21/h5-9H,4H2,1-3H3. The molecule has 0 saturated heterocycles. The summed E-state index contributed by atoms with van der Waals surface area (Å²) in [5.74, 6) is 0.454. The Hall–Kier alpha value is -2.70. The van der Waals surface area contributed by atoms with Gasteiger partial charge in [-0.25, -0.2) is 4.98 Å². The van der Waals surface area contributed by atoms with Gasteiger partial charge in [-0.15, -0.1) is 0 Å². The number of hydrogen-bond donors (Lipinski definition) is 0. The molecule has 0 N–H and O–H groups in total. The fraction of sp³-hybridized carbons (Fsp3) is 0.286. The minimum atomic E-state index is -0.485. The topological polar surface area (TPSA) is 81.3 Å². The molecule has 7 heteroatoms. The van der Waals surface area contributed by atoms with Crippen LogP contribution in [0, 0.1) is 10.1 Å². The van der Waals surface area contributed by atoms with Crippen molar-refractivity contribution in [2.45, 2.75) is 13.3 Å². The zero-order valence-corrected chi connectivity index (χ0v) is 12.1. The van der Waals surface area contributed by atoms with Gasteiger partial charge < -0.3 is 4.90 Å². The van der Waals surface area contributed by atoms with Gasteiger partial charge in [0.05, 0.1) is 4.92 Å². The number of nitro groups is 1. The van der Waals surface area contributed by atoms with Crippen molar-refractivity contribution in [2.24, 2.45) is 0 Å². The number of nitrogens with zero attached hydrogens (tertiary/aromatic N) is 4. The molecular formula is C14H16N4O3. The van der Waals surface area contributed by atoms with Crippen LogP contribution in [0.4, 0.5) is 5.69 Å². The lowest BCUT2D eigenvalue weighted by Crippen LogP contribution is -2.21. The van der Waals surface area contributed by atoms with Crippen molar-refractivity contribution in [1.82, 2.24) is 14.5 Å². The molecule has 2 rings (SSSR count). The van der Waals surface area contributed by atoms with Crippen molar-refractivity contribution in [3.8, 4) is 5.69 Å². The summed E-state index contributed by atoms with van der Waals surface area (Å²) < 4.78 is 1.67. The number of benzene rings is 1. The molecule has 0 spiro atoms. The highest BCUT2D eigenvalue weighted by Crippen LogP contribution is 2.26. The van der Waals surface area contributed by atoms with Crippen LogP contribution in [0.3, 0.4) is 0 Å². The van der Waals surface area contributed by atoms with Gasteiger partial charge in [0, 0.05) is 44.5 Å². The Kier molecular flexibility index (Phi) is 4.02. The van der Waals surface area contributed by atoms with Crippen LogP contribution < -0.4 is 0 Å². The molecule has 0 atom stereocenters. The number of hydrogen-bond acceptors (Lipinski definition) is 4. The predicted octanol–water partition coefficient (Wildman–Crippen LogP) is 2.04. The highest BCUT2D eigenvalue weighted by Gasteiger charge is 2.20. The third kappa shape index (κ3) is 2.76. The number of nitro benzene ring substituents is 1. The smallest absolute Gasteiger partial charge is 0.294 e. The summed E-state index contributed by atoms with van der Waals surface area (Å²) in [5, 5.41) is 11.3. The molecular weight excluding hydrogens is 272 g/mol. The van der Waals surface area contributed by atoms with Crippen molar-refractivity contribution in [1.29, 1.82) is 0 Å². The van der Waals surface area contributed by atoms with Gasteiger partial charge in [0.1, 0.15) is 11.5 Å². The Morgan fingerprint density at radius 3 is 2.71 bits per heavy atom. The van der Waals surface area contributed by atoms with Gasteiger partial charge in [-0.1, -0.05) is 6.92 Å². The molecule has 1 amide bonds. The molecule has 21 heavy (non-hydrogen) atoms. The highest BCUT2D eigenvalue weighted by molar-refractivity contribution is 5.95. The Morgan fingerprint density at radius 1 is 1.43 bits per heavy atom. The molecule has 110 valence electrons. The summed E-state index contributed by atoms with van der Waals surface area (Å²) in [6.07, 6.45) is 3.93. The maximum atomic E-state index is 11.9. The second-order valence-electron chi connectivity index (χ2n) is 4.73. The summed E-state index contributed by atoms with van der Waals surface area (Å²) in [4.78, 5) is 28.3. The molecule has 7 nitrogen and oxygen atoms in total. The van der Waals surface area contributed by atoms with E-state index >= 15 is 0 Å². The van der Waals surface area contributed by atoms with Gasteiger partial charge in [0.25, 0.3) is 11.6 Å². The first-order valence-corrected chi connectivity index (χ1v) is 6.48. The molecule has 0 unspecified atom stereocenters. The fourth-order valence-corrected chi connectivity index (χ4v) is 2.08. The zero-order valence-electron chi connectivity index (χ0n) is 12.1. The van der Waals surface area contributed by atoms with E-state index in [-0.39, 0.29) is 17.2 Å². The molecule has 1 aromatic carbocycles. The lowest BCUT2D eigenvalue weighted by atomic mass is 10.1. The summed E-state index contributed by atoms with van der Waals surface area (Å²) >= 11 is 0. The average Bonchev–Trinajstić information content (AvgIpc) is 2.93. The summed E-state index contributed by atoms with van der Waals surface area (Å²) in [7, 11) is 3.21. The Balaban J connectivity index is 2.58. The molecule has 0 radical (unpaired) electrons. The van der Waals surface area contributed by atoms with Gasteiger partial charge in [-0.2, -0.15) is 0 Å². The fourth-order valence-electron chi connectivity index (χ4n) is 2.08. The maximum Gasteiger partial charge on any atom is 0.294 e. The third-order valence-corrected chi connectivity index (χ3v) is 3.12. The summed E-state index contributed by atoms with van der Waals surface area (Å²) in [5.41, 5.74) is 0.577. The predicted molar refractivity (Wildman–Crippen MR) is 77.6 cm³/mol. The Labute approximate surface area is 122 Å². The lowest BCUT2D eigenvalue weighted by molar-refractivity contribution is -0.384. The number of aromatic nitrogens is 2. The van der Waals surface area contributed by atoms with Crippen LogP contribution in [0.5, 0.6) is 0 Å². The van der Waals surface area contributed by atoms with E-state index in [1.807, 2.05) is 6.92 Å². The van der Waals surface area contributed by atoms with Gasteiger partial charge in [0.2, 0.25) is 0 Å². The van der Waals surface area contributed by atoms with E-state index in [1.165, 1.54) is 11.0 Å². The molecule has 0 aliphatic heterocycles. The van der Waals surface area contributed by atoms with E-state index in [2.05, 4.69) is 4.98 Å². The maximum absolute atomic E-state index is 11.9. The third-order valence-electron chi connectivity index (χ3n) is 3.12. The lowest BCUT2D eigenvalue weighted by Gasteiger charge is -2.12. The van der Waals surface area contributed by atoms with E-state index in [1.54, 1.807) is 43.2 Å². The Bertz CT molecular complexity index is 691. The molecule has 0 fully saturated rings. The van der Waals surface area contributed by atoms with Gasteiger partial charge >= 0.3 is 0 Å². The largest absolute Gasteiger partial charge is 0.345 e. The minimum absolute atomic E-state index is 0.115.